The van der Waals surface area contributed by atoms with Crippen LogP contribution in [0.15, 0.2) is 28.9 Å². The molecule has 7 heteroatoms. The van der Waals surface area contributed by atoms with Crippen LogP contribution in [0.2, 0.25) is 5.22 Å². The van der Waals surface area contributed by atoms with Crippen LogP contribution in [0, 0.1) is 11.6 Å². The summed E-state index contributed by atoms with van der Waals surface area (Å²) in [6, 6.07) is 3.31. The zero-order valence-corrected chi connectivity index (χ0v) is 9.59. The van der Waals surface area contributed by atoms with E-state index in [0.717, 1.165) is 12.1 Å². The number of rotatable bonds is 2. The number of nitrogens with two attached hydrogens (primary N) is 1. The van der Waals surface area contributed by atoms with Crippen LogP contribution in [0.1, 0.15) is 10.4 Å². The van der Waals surface area contributed by atoms with E-state index < -0.39 is 23.2 Å². The molecule has 2 rings (SSSR count). The maximum absolute atomic E-state index is 13.4. The summed E-state index contributed by atoms with van der Waals surface area (Å²) in [6.45, 7) is 0. The minimum Gasteiger partial charge on any atom is -0.452 e. The normalized spacial score (nSPS) is 10.4. The largest absolute Gasteiger partial charge is 0.452 e. The van der Waals surface area contributed by atoms with Gasteiger partial charge >= 0.3 is 0 Å². The minimum atomic E-state index is -1.23. The molecule has 1 aromatic heterocycles. The summed E-state index contributed by atoms with van der Waals surface area (Å²) < 4.78 is 31.2. The lowest BCUT2D eigenvalue weighted by Crippen LogP contribution is -2.14. The van der Waals surface area contributed by atoms with Crippen LogP contribution in [-0.4, -0.2) is 5.91 Å². The van der Waals surface area contributed by atoms with Crippen molar-refractivity contribution in [2.24, 2.45) is 0 Å². The molecule has 0 aliphatic heterocycles. The van der Waals surface area contributed by atoms with E-state index in [1.807, 2.05) is 0 Å². The highest BCUT2D eigenvalue weighted by atomic mass is 35.5. The SMILES string of the molecule is Nc1ccc(F)c(F)c1NC(=O)c1ccoc1Cl. The Hall–Kier alpha value is -2.08. The third-order valence-electron chi connectivity index (χ3n) is 2.23. The van der Waals surface area contributed by atoms with E-state index in [4.69, 9.17) is 21.8 Å². The van der Waals surface area contributed by atoms with E-state index >= 15 is 0 Å². The number of hydrogen-bond donors (Lipinski definition) is 2. The Bertz CT molecular complexity index is 613. The molecule has 1 heterocycles. The van der Waals surface area contributed by atoms with E-state index in [2.05, 4.69) is 5.32 Å². The highest BCUT2D eigenvalue weighted by Crippen LogP contribution is 2.26. The second-order valence-electron chi connectivity index (χ2n) is 3.39. The van der Waals surface area contributed by atoms with Gasteiger partial charge in [0.25, 0.3) is 5.91 Å². The zero-order chi connectivity index (χ0) is 13.3. The van der Waals surface area contributed by atoms with Crippen LogP contribution in [-0.2, 0) is 0 Å². The summed E-state index contributed by atoms with van der Waals surface area (Å²) in [5.74, 6) is -3.09. The molecule has 0 unspecified atom stereocenters. The number of anilines is 2. The van der Waals surface area contributed by atoms with Crippen LogP contribution in [0.4, 0.5) is 20.2 Å². The minimum absolute atomic E-state index is 0.000252. The Labute approximate surface area is 105 Å². The summed E-state index contributed by atoms with van der Waals surface area (Å²) in [7, 11) is 0. The van der Waals surface area contributed by atoms with E-state index in [9.17, 15) is 13.6 Å². The van der Waals surface area contributed by atoms with Gasteiger partial charge in [-0.05, 0) is 29.8 Å². The second kappa shape index (κ2) is 4.66. The highest BCUT2D eigenvalue weighted by Gasteiger charge is 2.18. The molecule has 0 saturated carbocycles. The number of carbonyl (C=O) groups excluding carboxylic acids is 1. The second-order valence-corrected chi connectivity index (χ2v) is 3.73. The number of carbonyl (C=O) groups is 1. The van der Waals surface area contributed by atoms with E-state index in [-0.39, 0.29) is 16.5 Å². The summed E-state index contributed by atoms with van der Waals surface area (Å²) in [5, 5.41) is 1.99. The Morgan fingerprint density at radius 1 is 1.33 bits per heavy atom. The van der Waals surface area contributed by atoms with Crippen molar-refractivity contribution in [3.05, 3.63) is 46.9 Å². The van der Waals surface area contributed by atoms with Gasteiger partial charge in [-0.25, -0.2) is 8.78 Å². The first-order valence-corrected chi connectivity index (χ1v) is 5.16. The molecule has 18 heavy (non-hydrogen) atoms. The third-order valence-corrected chi connectivity index (χ3v) is 2.52. The highest BCUT2D eigenvalue weighted by molar-refractivity contribution is 6.32. The molecule has 0 saturated heterocycles. The van der Waals surface area contributed by atoms with Gasteiger partial charge < -0.3 is 15.5 Å². The first-order valence-electron chi connectivity index (χ1n) is 4.78. The van der Waals surface area contributed by atoms with Crippen molar-refractivity contribution in [3.63, 3.8) is 0 Å². The smallest absolute Gasteiger partial charge is 0.260 e. The summed E-state index contributed by atoms with van der Waals surface area (Å²) >= 11 is 5.59. The Morgan fingerprint density at radius 3 is 2.67 bits per heavy atom. The predicted molar refractivity (Wildman–Crippen MR) is 62.4 cm³/mol. The Morgan fingerprint density at radius 2 is 2.06 bits per heavy atom. The van der Waals surface area contributed by atoms with Gasteiger partial charge in [-0.15, -0.1) is 0 Å². The topological polar surface area (TPSA) is 68.3 Å². The first kappa shape index (κ1) is 12.4. The Balaban J connectivity index is 2.33. The van der Waals surface area contributed by atoms with Crippen molar-refractivity contribution < 1.29 is 18.0 Å². The monoisotopic (exact) mass is 272 g/mol. The van der Waals surface area contributed by atoms with Crippen LogP contribution in [0.25, 0.3) is 0 Å². The number of halogens is 3. The number of amides is 1. The van der Waals surface area contributed by atoms with Gasteiger partial charge in [-0.3, -0.25) is 4.79 Å². The number of nitrogen functional groups attached to an aromatic ring is 1. The zero-order valence-electron chi connectivity index (χ0n) is 8.84. The van der Waals surface area contributed by atoms with Crippen LogP contribution < -0.4 is 11.1 Å². The summed E-state index contributed by atoms with van der Waals surface area (Å²) in [6.07, 6.45) is 1.20. The lowest BCUT2D eigenvalue weighted by molar-refractivity contribution is 0.102. The number of nitrogens with one attached hydrogen (secondary N) is 1. The standard InChI is InChI=1S/C11H7ClF2N2O2/c12-10-5(3-4-18-10)11(17)16-9-7(15)2-1-6(13)8(9)14/h1-4H,15H2,(H,16,17). The van der Waals surface area contributed by atoms with Crippen molar-refractivity contribution in [2.45, 2.75) is 0 Å². The Kier molecular flexibility index (Phi) is 3.20. The quantitative estimate of drug-likeness (QED) is 0.826. The lowest BCUT2D eigenvalue weighted by Gasteiger charge is -2.08. The van der Waals surface area contributed by atoms with Gasteiger partial charge in [0.05, 0.1) is 17.5 Å². The molecule has 0 fully saturated rings. The average Bonchev–Trinajstić information content (AvgIpc) is 2.76. The van der Waals surface area contributed by atoms with Gasteiger partial charge in [0, 0.05) is 0 Å². The molecule has 0 aliphatic rings. The maximum Gasteiger partial charge on any atom is 0.260 e. The fourth-order valence-electron chi connectivity index (χ4n) is 1.33. The molecule has 3 N–H and O–H groups in total. The summed E-state index contributed by atoms with van der Waals surface area (Å²) in [4.78, 5) is 11.7. The van der Waals surface area contributed by atoms with Crippen molar-refractivity contribution >= 4 is 28.9 Å². The molecule has 1 amide bonds. The van der Waals surface area contributed by atoms with E-state index in [0.29, 0.717) is 0 Å². The van der Waals surface area contributed by atoms with Crippen molar-refractivity contribution in [3.8, 4) is 0 Å². The van der Waals surface area contributed by atoms with Gasteiger partial charge in [-0.1, -0.05) is 0 Å². The number of furan rings is 1. The fourth-order valence-corrected chi connectivity index (χ4v) is 1.53. The molecule has 0 atom stereocenters. The van der Waals surface area contributed by atoms with E-state index in [1.165, 1.54) is 12.3 Å². The molecule has 0 spiro atoms. The van der Waals surface area contributed by atoms with Crippen LogP contribution in [0.5, 0.6) is 0 Å². The molecular formula is C11H7ClF2N2O2. The van der Waals surface area contributed by atoms with Gasteiger partial charge in [0.1, 0.15) is 5.69 Å². The number of hydrogen-bond acceptors (Lipinski definition) is 3. The van der Waals surface area contributed by atoms with Gasteiger partial charge in [0.2, 0.25) is 5.22 Å². The van der Waals surface area contributed by atoms with Crippen LogP contribution in [0.3, 0.4) is 0 Å². The molecule has 1 aromatic carbocycles. The maximum atomic E-state index is 13.4. The van der Waals surface area contributed by atoms with Crippen molar-refractivity contribution in [1.29, 1.82) is 0 Å². The first-order chi connectivity index (χ1) is 8.50. The van der Waals surface area contributed by atoms with Crippen LogP contribution >= 0.6 is 11.6 Å². The van der Waals surface area contributed by atoms with Gasteiger partial charge in [-0.2, -0.15) is 0 Å². The molecular weight excluding hydrogens is 266 g/mol. The fraction of sp³-hybridized carbons (Fsp3) is 0. The molecule has 0 radical (unpaired) electrons. The molecule has 4 nitrogen and oxygen atoms in total. The summed E-state index contributed by atoms with van der Waals surface area (Å²) in [5.41, 5.74) is 4.92. The van der Waals surface area contributed by atoms with Crippen molar-refractivity contribution in [1.82, 2.24) is 0 Å². The van der Waals surface area contributed by atoms with Gasteiger partial charge in [0.15, 0.2) is 11.6 Å². The predicted octanol–water partition coefficient (Wildman–Crippen LogP) is 3.05. The molecule has 94 valence electrons. The van der Waals surface area contributed by atoms with Crippen molar-refractivity contribution in [2.75, 3.05) is 11.1 Å². The average molecular weight is 273 g/mol. The molecule has 0 bridgehead atoms. The number of benzene rings is 1. The lowest BCUT2D eigenvalue weighted by atomic mass is 10.2. The molecule has 2 aromatic rings. The van der Waals surface area contributed by atoms with E-state index in [1.54, 1.807) is 0 Å². The molecule has 0 aliphatic carbocycles. The third kappa shape index (κ3) is 2.14.